The summed E-state index contributed by atoms with van der Waals surface area (Å²) in [5, 5.41) is 2.56. The number of aromatic nitrogens is 4. The Bertz CT molecular complexity index is 2630. The molecular weight excluding hydrogens is 621 g/mol. The first-order valence-electron chi connectivity index (χ1n) is 17.9. The maximum atomic E-state index is 2.54. The minimum absolute atomic E-state index is 0.483. The van der Waals surface area contributed by atoms with Gasteiger partial charge in [0, 0.05) is 64.8 Å². The number of rotatable bonds is 6. The van der Waals surface area contributed by atoms with Crippen molar-refractivity contribution < 1.29 is 13.7 Å². The van der Waals surface area contributed by atoms with Crippen molar-refractivity contribution in [3.05, 3.63) is 175 Å². The molecule has 8 aromatic rings. The number of para-hydroxylation sites is 1. The molecule has 1 aliphatic heterocycles. The number of nitrogens with zero attached hydrogens (tertiary/aromatic N) is 4. The Morgan fingerprint density at radius 2 is 1.22 bits per heavy atom. The molecule has 9 rings (SSSR count). The van der Waals surface area contributed by atoms with Crippen LogP contribution >= 0.6 is 0 Å². The van der Waals surface area contributed by atoms with Gasteiger partial charge in [-0.25, -0.2) is 4.57 Å². The van der Waals surface area contributed by atoms with Crippen molar-refractivity contribution in [1.29, 1.82) is 0 Å². The van der Waals surface area contributed by atoms with Crippen LogP contribution in [0.1, 0.15) is 30.5 Å². The fourth-order valence-electron chi connectivity index (χ4n) is 8.10. The SMILES string of the molecule is Cc1ccccc1-c1cccc[n+]1C(=C1c2ccccc2-c2cccc[n+]21)c1cc2c(cc1-c1cccc[n+]1C)c1ccccc1n2CC(C)C. The molecule has 1 aliphatic rings. The van der Waals surface area contributed by atoms with Crippen LogP contribution in [0.15, 0.2) is 158 Å². The van der Waals surface area contributed by atoms with Gasteiger partial charge in [-0.2, -0.15) is 9.13 Å². The molecule has 0 saturated carbocycles. The lowest BCUT2D eigenvalue weighted by molar-refractivity contribution is -0.660. The molecule has 0 bridgehead atoms. The Hall–Kier alpha value is -6.13. The van der Waals surface area contributed by atoms with Crippen LogP contribution in [0, 0.1) is 12.8 Å². The summed E-state index contributed by atoms with van der Waals surface area (Å²) < 4.78 is 9.62. The molecule has 0 fully saturated rings. The predicted octanol–water partition coefficient (Wildman–Crippen LogP) is 9.40. The lowest BCUT2D eigenvalue weighted by atomic mass is 9.94. The van der Waals surface area contributed by atoms with Crippen LogP contribution in [0.2, 0.25) is 0 Å². The van der Waals surface area contributed by atoms with Crippen molar-refractivity contribution >= 4 is 33.2 Å². The molecule has 51 heavy (non-hydrogen) atoms. The van der Waals surface area contributed by atoms with E-state index in [4.69, 9.17) is 0 Å². The van der Waals surface area contributed by atoms with E-state index >= 15 is 0 Å². The maximum Gasteiger partial charge on any atom is 0.292 e. The minimum atomic E-state index is 0.483. The number of hydrogen-bond acceptors (Lipinski definition) is 0. The zero-order valence-corrected chi connectivity index (χ0v) is 29.6. The molecule has 4 nitrogen and oxygen atoms in total. The number of fused-ring (bicyclic) bond motifs is 6. The van der Waals surface area contributed by atoms with Gasteiger partial charge in [0.05, 0.1) is 27.8 Å². The van der Waals surface area contributed by atoms with Gasteiger partial charge in [-0.3, -0.25) is 0 Å². The molecule has 0 N–H and O–H groups in total. The van der Waals surface area contributed by atoms with E-state index in [2.05, 4.69) is 204 Å². The van der Waals surface area contributed by atoms with E-state index in [9.17, 15) is 0 Å². The van der Waals surface area contributed by atoms with Crippen LogP contribution in [0.3, 0.4) is 0 Å². The molecule has 0 aliphatic carbocycles. The topological polar surface area (TPSA) is 16.6 Å². The predicted molar refractivity (Wildman–Crippen MR) is 207 cm³/mol. The zero-order chi connectivity index (χ0) is 34.6. The van der Waals surface area contributed by atoms with Crippen LogP contribution in [0.4, 0.5) is 0 Å². The Morgan fingerprint density at radius 1 is 0.569 bits per heavy atom. The average molecular weight is 662 g/mol. The largest absolute Gasteiger partial charge is 0.340 e. The first kappa shape index (κ1) is 30.9. The van der Waals surface area contributed by atoms with Gasteiger partial charge in [0.2, 0.25) is 17.1 Å². The molecule has 246 valence electrons. The molecule has 0 atom stereocenters. The lowest BCUT2D eigenvalue weighted by Gasteiger charge is -2.15. The van der Waals surface area contributed by atoms with Crippen LogP contribution in [0.5, 0.6) is 0 Å². The summed E-state index contributed by atoms with van der Waals surface area (Å²) in [4.78, 5) is 0. The van der Waals surface area contributed by atoms with E-state index in [-0.39, 0.29) is 0 Å². The van der Waals surface area contributed by atoms with Crippen molar-refractivity contribution in [1.82, 2.24) is 4.57 Å². The van der Waals surface area contributed by atoms with Gasteiger partial charge >= 0.3 is 0 Å². The van der Waals surface area contributed by atoms with Crippen molar-refractivity contribution in [2.75, 3.05) is 0 Å². The van der Waals surface area contributed by atoms with Gasteiger partial charge in [-0.05, 0) is 73.0 Å². The highest BCUT2D eigenvalue weighted by atomic mass is 15.1. The summed E-state index contributed by atoms with van der Waals surface area (Å²) >= 11 is 0. The molecule has 0 unspecified atom stereocenters. The summed E-state index contributed by atoms with van der Waals surface area (Å²) in [5.41, 5.74) is 15.6. The third kappa shape index (κ3) is 5.01. The first-order valence-corrected chi connectivity index (χ1v) is 17.9. The molecule has 0 saturated heterocycles. The number of hydrogen-bond donors (Lipinski definition) is 0. The fourth-order valence-corrected chi connectivity index (χ4v) is 8.10. The van der Waals surface area contributed by atoms with Gasteiger partial charge in [0.1, 0.15) is 7.05 Å². The highest BCUT2D eigenvalue weighted by molar-refractivity contribution is 6.11. The normalized spacial score (nSPS) is 13.2. The Kier molecular flexibility index (Phi) is 7.47. The van der Waals surface area contributed by atoms with E-state index in [1.807, 2.05) is 0 Å². The molecule has 4 aromatic carbocycles. The maximum absolute atomic E-state index is 2.54. The van der Waals surface area contributed by atoms with Gasteiger partial charge in [0.15, 0.2) is 18.6 Å². The molecular formula is C47H41N4+3. The fraction of sp³-hybridized carbons (Fsp3) is 0.128. The summed E-state index contributed by atoms with van der Waals surface area (Å²) in [7, 11) is 2.15. The Morgan fingerprint density at radius 3 is 2.00 bits per heavy atom. The van der Waals surface area contributed by atoms with Crippen LogP contribution in [-0.2, 0) is 13.6 Å². The van der Waals surface area contributed by atoms with Crippen molar-refractivity contribution in [2.45, 2.75) is 27.3 Å². The molecule has 4 aromatic heterocycles. The molecule has 4 heteroatoms. The summed E-state index contributed by atoms with van der Waals surface area (Å²) in [6, 6.07) is 51.0. The van der Waals surface area contributed by atoms with Gasteiger partial charge in [-0.1, -0.05) is 62.4 Å². The standard InChI is InChI=1S/C47H41N4/c1-32(2)31-51-44-23-10-9-20-36(44)38-29-39(41-22-11-14-26-48(41)4)40(30-45(38)51)47(49-27-15-12-24-42(49)34-18-6-5-17-33(34)3)46-37-21-8-7-19-35(37)43-25-13-16-28-50(43)46/h5-30,32H,31H2,1-4H3/q+3. The van der Waals surface area contributed by atoms with Crippen LogP contribution < -0.4 is 13.7 Å². The summed E-state index contributed by atoms with van der Waals surface area (Å²) in [5.74, 6) is 0.483. The van der Waals surface area contributed by atoms with Gasteiger partial charge in [0.25, 0.3) is 11.4 Å². The second-order valence-electron chi connectivity index (χ2n) is 14.1. The molecule has 0 radical (unpaired) electrons. The molecule has 0 amide bonds. The Balaban J connectivity index is 1.51. The second kappa shape index (κ2) is 12.3. The van der Waals surface area contributed by atoms with Crippen molar-refractivity contribution in [3.8, 4) is 33.8 Å². The highest BCUT2D eigenvalue weighted by Crippen LogP contribution is 2.42. The van der Waals surface area contributed by atoms with Crippen LogP contribution in [0.25, 0.3) is 67.0 Å². The summed E-state index contributed by atoms with van der Waals surface area (Å²) in [6.45, 7) is 7.76. The highest BCUT2D eigenvalue weighted by Gasteiger charge is 2.41. The van der Waals surface area contributed by atoms with Crippen molar-refractivity contribution in [3.63, 3.8) is 0 Å². The summed E-state index contributed by atoms with van der Waals surface area (Å²) in [6.07, 6.45) is 6.62. The van der Waals surface area contributed by atoms with Crippen LogP contribution in [-0.4, -0.2) is 4.57 Å². The first-order chi connectivity index (χ1) is 25.0. The Labute approximate surface area is 299 Å². The quantitative estimate of drug-likeness (QED) is 0.158. The van der Waals surface area contributed by atoms with E-state index < -0.39 is 0 Å². The smallest absolute Gasteiger partial charge is 0.292 e. The van der Waals surface area contributed by atoms with E-state index in [0.717, 1.165) is 29.3 Å². The van der Waals surface area contributed by atoms with Crippen molar-refractivity contribution in [2.24, 2.45) is 13.0 Å². The lowest BCUT2D eigenvalue weighted by Crippen LogP contribution is -2.42. The van der Waals surface area contributed by atoms with Gasteiger partial charge < -0.3 is 4.57 Å². The minimum Gasteiger partial charge on any atom is -0.340 e. The van der Waals surface area contributed by atoms with E-state index in [1.165, 1.54) is 60.9 Å². The number of benzene rings is 4. The zero-order valence-electron chi connectivity index (χ0n) is 29.6. The monoisotopic (exact) mass is 661 g/mol. The van der Waals surface area contributed by atoms with E-state index in [0.29, 0.717) is 5.92 Å². The average Bonchev–Trinajstić information content (AvgIpc) is 3.64. The second-order valence-corrected chi connectivity index (χ2v) is 14.1. The van der Waals surface area contributed by atoms with E-state index in [1.54, 1.807) is 0 Å². The molecule has 5 heterocycles. The van der Waals surface area contributed by atoms with Gasteiger partial charge in [-0.15, -0.1) is 0 Å². The third-order valence-electron chi connectivity index (χ3n) is 10.4. The molecule has 0 spiro atoms. The number of pyridine rings is 3. The number of aryl methyl sites for hydroxylation is 2. The third-order valence-corrected chi connectivity index (χ3v) is 10.4.